The predicted molar refractivity (Wildman–Crippen MR) is 149 cm³/mol. The Balaban J connectivity index is 2.18. The fraction of sp³-hybridized carbons (Fsp3) is 0.548. The third-order valence-electron chi connectivity index (χ3n) is 6.35. The van der Waals surface area contributed by atoms with Gasteiger partial charge in [-0.25, -0.2) is 9.59 Å². The summed E-state index contributed by atoms with van der Waals surface area (Å²) in [6.45, 7) is 8.62. The van der Waals surface area contributed by atoms with Crippen LogP contribution in [0.5, 0.6) is 17.2 Å². The third-order valence-corrected chi connectivity index (χ3v) is 6.35. The second kappa shape index (κ2) is 16.6. The first-order valence-electron chi connectivity index (χ1n) is 13.9. The van der Waals surface area contributed by atoms with E-state index in [-0.39, 0.29) is 35.7 Å². The summed E-state index contributed by atoms with van der Waals surface area (Å²) in [7, 11) is 0. The Bertz CT molecular complexity index is 947. The molecule has 0 aliphatic carbocycles. The summed E-state index contributed by atoms with van der Waals surface area (Å²) in [4.78, 5) is 22.9. The van der Waals surface area contributed by atoms with E-state index in [1.54, 1.807) is 0 Å². The van der Waals surface area contributed by atoms with Crippen LogP contribution in [0.2, 0.25) is 0 Å². The molecule has 7 heteroatoms. The lowest BCUT2D eigenvalue weighted by molar-refractivity contribution is 0.0696. The zero-order valence-corrected chi connectivity index (χ0v) is 23.3. The van der Waals surface area contributed by atoms with Gasteiger partial charge in [0.15, 0.2) is 0 Å². The number of rotatable bonds is 19. The fourth-order valence-electron chi connectivity index (χ4n) is 4.25. The first-order valence-corrected chi connectivity index (χ1v) is 13.9. The van der Waals surface area contributed by atoms with Crippen LogP contribution in [0.1, 0.15) is 118 Å². The highest BCUT2D eigenvalue weighted by Gasteiger charge is 2.14. The molecule has 0 bridgehead atoms. The lowest BCUT2D eigenvalue weighted by Crippen LogP contribution is -2.14. The molecule has 2 N–H and O–H groups in total. The van der Waals surface area contributed by atoms with E-state index < -0.39 is 11.9 Å². The van der Waals surface area contributed by atoms with Crippen LogP contribution in [0.25, 0.3) is 0 Å². The minimum Gasteiger partial charge on any atom is -0.491 e. The Morgan fingerprint density at radius 2 is 1.13 bits per heavy atom. The van der Waals surface area contributed by atoms with Gasteiger partial charge in [-0.3, -0.25) is 0 Å². The van der Waals surface area contributed by atoms with Gasteiger partial charge in [0.05, 0.1) is 23.3 Å². The number of carbonyl (C=O) groups is 2. The van der Waals surface area contributed by atoms with E-state index in [4.69, 9.17) is 14.2 Å². The van der Waals surface area contributed by atoms with E-state index in [2.05, 4.69) is 27.7 Å². The highest BCUT2D eigenvalue weighted by Crippen LogP contribution is 2.28. The minimum atomic E-state index is -1.22. The number of hydrogen-bond donors (Lipinski definition) is 2. The molecule has 0 saturated heterocycles. The predicted octanol–water partition coefficient (Wildman–Crippen LogP) is 8.14. The molecule has 2 aromatic rings. The van der Waals surface area contributed by atoms with E-state index in [0.717, 1.165) is 37.3 Å². The lowest BCUT2D eigenvalue weighted by atomic mass is 10.1. The topological polar surface area (TPSA) is 102 Å². The highest BCUT2D eigenvalue weighted by molar-refractivity contribution is 5.94. The highest BCUT2D eigenvalue weighted by atomic mass is 16.5. The van der Waals surface area contributed by atoms with Crippen LogP contribution in [0, 0.1) is 0 Å². The normalized spacial score (nSPS) is 12.5. The van der Waals surface area contributed by atoms with Crippen molar-refractivity contribution in [2.24, 2.45) is 0 Å². The zero-order chi connectivity index (χ0) is 27.9. The van der Waals surface area contributed by atoms with Crippen LogP contribution in [-0.4, -0.2) is 34.4 Å². The van der Waals surface area contributed by atoms with Gasteiger partial charge < -0.3 is 24.4 Å². The summed E-state index contributed by atoms with van der Waals surface area (Å²) in [5, 5.41) is 18.7. The minimum absolute atomic E-state index is 0.0488. The number of ether oxygens (including phenoxy) is 3. The van der Waals surface area contributed by atoms with Crippen LogP contribution in [0.15, 0.2) is 36.4 Å². The SMILES string of the molecule is CCCCCC[C@H](C)Oc1cc(COc2cc(C(=O)O)cc(C(=O)O)c2)cc(O[C@@H](C)CCCCCC)c1. The molecule has 0 aliphatic heterocycles. The van der Waals surface area contributed by atoms with Gasteiger partial charge >= 0.3 is 11.9 Å². The smallest absolute Gasteiger partial charge is 0.335 e. The van der Waals surface area contributed by atoms with Gasteiger partial charge in [-0.15, -0.1) is 0 Å². The van der Waals surface area contributed by atoms with Crippen LogP contribution >= 0.6 is 0 Å². The molecule has 38 heavy (non-hydrogen) atoms. The van der Waals surface area contributed by atoms with Crippen LogP contribution in [0.3, 0.4) is 0 Å². The summed E-state index contributed by atoms with van der Waals surface area (Å²) < 4.78 is 18.3. The van der Waals surface area contributed by atoms with Gasteiger partial charge in [0, 0.05) is 6.07 Å². The fourth-order valence-corrected chi connectivity index (χ4v) is 4.25. The maximum atomic E-state index is 11.4. The van der Waals surface area contributed by atoms with Crippen molar-refractivity contribution in [3.63, 3.8) is 0 Å². The molecule has 0 saturated carbocycles. The second-order valence-corrected chi connectivity index (χ2v) is 10.0. The molecule has 0 fully saturated rings. The summed E-state index contributed by atoms with van der Waals surface area (Å²) in [6, 6.07) is 9.44. The van der Waals surface area contributed by atoms with Crippen molar-refractivity contribution in [1.29, 1.82) is 0 Å². The van der Waals surface area contributed by atoms with Crippen molar-refractivity contribution in [2.45, 2.75) is 111 Å². The van der Waals surface area contributed by atoms with Gasteiger partial charge in [0.25, 0.3) is 0 Å². The Morgan fingerprint density at radius 1 is 0.658 bits per heavy atom. The molecule has 2 atom stereocenters. The average Bonchev–Trinajstić information content (AvgIpc) is 2.87. The van der Waals surface area contributed by atoms with E-state index in [1.807, 2.05) is 18.2 Å². The van der Waals surface area contributed by atoms with Gasteiger partial charge in [0.1, 0.15) is 23.9 Å². The second-order valence-electron chi connectivity index (χ2n) is 10.0. The standard InChI is InChI=1S/C31H44O7/c1-5-7-9-11-13-22(3)37-28-15-24(16-29(20-28)38-23(4)14-12-10-8-6-2)21-36-27-18-25(30(32)33)17-26(19-27)31(34)35/h15-20,22-23H,5-14,21H2,1-4H3,(H,32,33)(H,34,35)/t22-,23-/m0/s1. The van der Waals surface area contributed by atoms with E-state index in [0.29, 0.717) is 11.5 Å². The molecular formula is C31H44O7. The molecule has 0 aromatic heterocycles. The van der Waals surface area contributed by atoms with Gasteiger partial charge in [-0.05, 0) is 75.4 Å². The van der Waals surface area contributed by atoms with E-state index in [9.17, 15) is 19.8 Å². The molecule has 0 unspecified atom stereocenters. The van der Waals surface area contributed by atoms with Gasteiger partial charge in [-0.2, -0.15) is 0 Å². The molecule has 210 valence electrons. The van der Waals surface area contributed by atoms with Crippen LogP contribution < -0.4 is 14.2 Å². The zero-order valence-electron chi connectivity index (χ0n) is 23.3. The average molecular weight is 529 g/mol. The monoisotopic (exact) mass is 528 g/mol. The molecule has 2 aromatic carbocycles. The Kier molecular flexibility index (Phi) is 13.5. The Morgan fingerprint density at radius 3 is 1.55 bits per heavy atom. The summed E-state index contributed by atoms with van der Waals surface area (Å²) in [5.74, 6) is -0.889. The van der Waals surface area contributed by atoms with Crippen molar-refractivity contribution in [1.82, 2.24) is 0 Å². The molecule has 0 aliphatic rings. The first-order chi connectivity index (χ1) is 18.2. The Labute approximate surface area is 227 Å². The quantitative estimate of drug-likeness (QED) is 0.177. The van der Waals surface area contributed by atoms with Crippen molar-refractivity contribution in [2.75, 3.05) is 0 Å². The van der Waals surface area contributed by atoms with Crippen LogP contribution in [0.4, 0.5) is 0 Å². The first kappa shape index (κ1) is 31.0. The molecule has 0 spiro atoms. The number of hydrogen-bond acceptors (Lipinski definition) is 5. The number of carboxylic acid groups (broad SMARTS) is 2. The summed E-state index contributed by atoms with van der Waals surface area (Å²) in [5.41, 5.74) is 0.496. The largest absolute Gasteiger partial charge is 0.491 e. The lowest BCUT2D eigenvalue weighted by Gasteiger charge is -2.19. The molecule has 2 rings (SSSR count). The van der Waals surface area contributed by atoms with Crippen LogP contribution in [-0.2, 0) is 6.61 Å². The Hall–Kier alpha value is -3.22. The number of benzene rings is 2. The summed E-state index contributed by atoms with van der Waals surface area (Å²) in [6.07, 6.45) is 11.5. The van der Waals surface area contributed by atoms with Crippen molar-refractivity contribution in [3.05, 3.63) is 53.1 Å². The number of aromatic carboxylic acids is 2. The van der Waals surface area contributed by atoms with Crippen molar-refractivity contribution >= 4 is 11.9 Å². The number of carboxylic acids is 2. The van der Waals surface area contributed by atoms with Crippen molar-refractivity contribution in [3.8, 4) is 17.2 Å². The molecule has 0 heterocycles. The summed E-state index contributed by atoms with van der Waals surface area (Å²) >= 11 is 0. The number of unbranched alkanes of at least 4 members (excludes halogenated alkanes) is 6. The van der Waals surface area contributed by atoms with Gasteiger partial charge in [-0.1, -0.05) is 52.4 Å². The molecule has 0 radical (unpaired) electrons. The molecule has 0 amide bonds. The third kappa shape index (κ3) is 11.4. The van der Waals surface area contributed by atoms with Gasteiger partial charge in [0.2, 0.25) is 0 Å². The maximum Gasteiger partial charge on any atom is 0.335 e. The molecule has 7 nitrogen and oxygen atoms in total. The van der Waals surface area contributed by atoms with E-state index >= 15 is 0 Å². The molecular weight excluding hydrogens is 484 g/mol. The van der Waals surface area contributed by atoms with E-state index in [1.165, 1.54) is 50.7 Å². The maximum absolute atomic E-state index is 11.4. The van der Waals surface area contributed by atoms with Crippen molar-refractivity contribution < 1.29 is 34.0 Å².